The quantitative estimate of drug-likeness (QED) is 0.843. The summed E-state index contributed by atoms with van der Waals surface area (Å²) >= 11 is 0. The summed E-state index contributed by atoms with van der Waals surface area (Å²) in [6.45, 7) is 4.09. The van der Waals surface area contributed by atoms with E-state index in [0.29, 0.717) is 24.2 Å². The first-order valence-corrected chi connectivity index (χ1v) is 8.00. The second-order valence-electron chi connectivity index (χ2n) is 5.86. The minimum Gasteiger partial charge on any atom is -0.396 e. The summed E-state index contributed by atoms with van der Waals surface area (Å²) in [6, 6.07) is 13.5. The lowest BCUT2D eigenvalue weighted by molar-refractivity contribution is 0.169. The zero-order chi connectivity index (χ0) is 17.5. The number of benzene rings is 2. The number of aliphatic hydroxyl groups is 1. The fraction of sp³-hybridized carbons (Fsp3) is 0.316. The van der Waals surface area contributed by atoms with Crippen LogP contribution in [0.2, 0.25) is 0 Å². The zero-order valence-corrected chi connectivity index (χ0v) is 14.0. The summed E-state index contributed by atoms with van der Waals surface area (Å²) in [5.74, 6) is -0.333. The van der Waals surface area contributed by atoms with Crippen molar-refractivity contribution in [2.75, 3.05) is 11.9 Å². The summed E-state index contributed by atoms with van der Waals surface area (Å²) in [7, 11) is 0. The summed E-state index contributed by atoms with van der Waals surface area (Å²) in [4.78, 5) is 14.4. The molecule has 1 atom stereocenters. The Morgan fingerprint density at radius 3 is 2.58 bits per heavy atom. The largest absolute Gasteiger partial charge is 0.396 e. The van der Waals surface area contributed by atoms with Crippen LogP contribution in [0.3, 0.4) is 0 Å². The van der Waals surface area contributed by atoms with Gasteiger partial charge < -0.3 is 15.3 Å². The molecule has 2 aromatic rings. The van der Waals surface area contributed by atoms with Crippen LogP contribution < -0.4 is 5.32 Å². The molecule has 1 unspecified atom stereocenters. The molecule has 5 heteroatoms. The maximum absolute atomic E-state index is 13.2. The summed E-state index contributed by atoms with van der Waals surface area (Å²) < 4.78 is 13.2. The van der Waals surface area contributed by atoms with E-state index in [1.54, 1.807) is 17.9 Å². The molecule has 0 radical (unpaired) electrons. The Hall–Kier alpha value is -2.40. The third kappa shape index (κ3) is 4.80. The second kappa shape index (κ2) is 8.45. The van der Waals surface area contributed by atoms with Crippen molar-refractivity contribution in [2.45, 2.75) is 32.9 Å². The van der Waals surface area contributed by atoms with Crippen molar-refractivity contribution in [3.05, 3.63) is 65.5 Å². The molecule has 0 heterocycles. The Balaban J connectivity index is 2.17. The van der Waals surface area contributed by atoms with Crippen LogP contribution in [-0.2, 0) is 6.54 Å². The molecule has 0 aromatic heterocycles. The number of aryl methyl sites for hydroxylation is 1. The van der Waals surface area contributed by atoms with Gasteiger partial charge in [0.1, 0.15) is 5.82 Å². The van der Waals surface area contributed by atoms with Gasteiger partial charge in [0.05, 0.1) is 0 Å². The van der Waals surface area contributed by atoms with Crippen molar-refractivity contribution < 1.29 is 14.3 Å². The number of hydrogen-bond acceptors (Lipinski definition) is 2. The van der Waals surface area contributed by atoms with Crippen LogP contribution in [0.15, 0.2) is 48.5 Å². The van der Waals surface area contributed by atoms with E-state index in [0.717, 1.165) is 5.56 Å². The Labute approximate surface area is 141 Å². The lowest BCUT2D eigenvalue weighted by Gasteiger charge is -2.29. The molecule has 0 aliphatic rings. The topological polar surface area (TPSA) is 52.6 Å². The highest BCUT2D eigenvalue weighted by molar-refractivity contribution is 5.90. The molecule has 4 nitrogen and oxygen atoms in total. The van der Waals surface area contributed by atoms with E-state index in [1.165, 1.54) is 12.1 Å². The van der Waals surface area contributed by atoms with E-state index in [-0.39, 0.29) is 24.5 Å². The van der Waals surface area contributed by atoms with Gasteiger partial charge in [-0.1, -0.05) is 30.3 Å². The smallest absolute Gasteiger partial charge is 0.322 e. The van der Waals surface area contributed by atoms with Gasteiger partial charge in [-0.3, -0.25) is 0 Å². The Morgan fingerprint density at radius 2 is 1.96 bits per heavy atom. The standard InChI is InChI=1S/C19H23FN2O2/c1-14-12-17(20)8-9-18(14)21-19(24)22(15(2)10-11-23)13-16-6-4-3-5-7-16/h3-9,12,15,23H,10-11,13H2,1-2H3,(H,21,24). The molecule has 0 fully saturated rings. The molecule has 2 amide bonds. The average molecular weight is 330 g/mol. The minimum atomic E-state index is -0.333. The van der Waals surface area contributed by atoms with Crippen molar-refractivity contribution >= 4 is 11.7 Å². The number of aliphatic hydroxyl groups excluding tert-OH is 1. The normalized spacial score (nSPS) is 11.8. The van der Waals surface area contributed by atoms with Crippen LogP contribution in [0.4, 0.5) is 14.9 Å². The number of rotatable bonds is 6. The van der Waals surface area contributed by atoms with Gasteiger partial charge in [-0.15, -0.1) is 0 Å². The third-order valence-electron chi connectivity index (χ3n) is 3.97. The molecule has 2 rings (SSSR count). The maximum Gasteiger partial charge on any atom is 0.322 e. The lowest BCUT2D eigenvalue weighted by atomic mass is 10.1. The van der Waals surface area contributed by atoms with Crippen molar-refractivity contribution in [1.29, 1.82) is 0 Å². The molecule has 0 bridgehead atoms. The van der Waals surface area contributed by atoms with Gasteiger partial charge in [-0.25, -0.2) is 9.18 Å². The second-order valence-corrected chi connectivity index (χ2v) is 5.86. The predicted molar refractivity (Wildman–Crippen MR) is 93.3 cm³/mol. The van der Waals surface area contributed by atoms with Crippen molar-refractivity contribution in [3.63, 3.8) is 0 Å². The van der Waals surface area contributed by atoms with Gasteiger partial charge in [0.25, 0.3) is 0 Å². The molecular weight excluding hydrogens is 307 g/mol. The number of halogens is 1. The van der Waals surface area contributed by atoms with E-state index in [9.17, 15) is 14.3 Å². The number of urea groups is 1. The molecule has 2 aromatic carbocycles. The number of anilines is 1. The number of nitrogens with zero attached hydrogens (tertiary/aromatic N) is 1. The lowest BCUT2D eigenvalue weighted by Crippen LogP contribution is -2.41. The maximum atomic E-state index is 13.2. The molecule has 24 heavy (non-hydrogen) atoms. The monoisotopic (exact) mass is 330 g/mol. The minimum absolute atomic E-state index is 0.00924. The Kier molecular flexibility index (Phi) is 6.32. The predicted octanol–water partition coefficient (Wildman–Crippen LogP) is 3.94. The Bertz CT molecular complexity index is 676. The zero-order valence-electron chi connectivity index (χ0n) is 14.0. The number of carbonyl (C=O) groups is 1. The number of amides is 2. The molecular formula is C19H23FN2O2. The molecule has 0 aliphatic carbocycles. The highest BCUT2D eigenvalue weighted by Gasteiger charge is 2.20. The summed E-state index contributed by atoms with van der Waals surface area (Å²) in [5.41, 5.74) is 2.25. The first kappa shape index (κ1) is 17.9. The van der Waals surface area contributed by atoms with Crippen LogP contribution in [0.1, 0.15) is 24.5 Å². The van der Waals surface area contributed by atoms with Gasteiger partial charge in [-0.05, 0) is 49.6 Å². The van der Waals surface area contributed by atoms with Gasteiger partial charge in [0.15, 0.2) is 0 Å². The highest BCUT2D eigenvalue weighted by Crippen LogP contribution is 2.18. The summed E-state index contributed by atoms with van der Waals surface area (Å²) in [6.07, 6.45) is 0.489. The van der Waals surface area contributed by atoms with E-state index in [4.69, 9.17) is 0 Å². The van der Waals surface area contributed by atoms with Crippen molar-refractivity contribution in [3.8, 4) is 0 Å². The van der Waals surface area contributed by atoms with Crippen LogP contribution in [0.25, 0.3) is 0 Å². The van der Waals surface area contributed by atoms with Crippen LogP contribution in [0, 0.1) is 12.7 Å². The molecule has 0 aliphatic heterocycles. The molecule has 2 N–H and O–H groups in total. The van der Waals surface area contributed by atoms with Gasteiger partial charge in [0.2, 0.25) is 0 Å². The van der Waals surface area contributed by atoms with E-state index >= 15 is 0 Å². The molecule has 128 valence electrons. The fourth-order valence-corrected chi connectivity index (χ4v) is 2.50. The molecule has 0 saturated carbocycles. The highest BCUT2D eigenvalue weighted by atomic mass is 19.1. The SMILES string of the molecule is Cc1cc(F)ccc1NC(=O)N(Cc1ccccc1)C(C)CCO. The average Bonchev–Trinajstić information content (AvgIpc) is 2.56. The van der Waals surface area contributed by atoms with Gasteiger partial charge in [-0.2, -0.15) is 0 Å². The van der Waals surface area contributed by atoms with Crippen molar-refractivity contribution in [1.82, 2.24) is 4.90 Å². The molecule has 0 spiro atoms. The van der Waals surface area contributed by atoms with Crippen molar-refractivity contribution in [2.24, 2.45) is 0 Å². The molecule has 0 saturated heterocycles. The van der Waals surface area contributed by atoms with Gasteiger partial charge in [0, 0.05) is 24.9 Å². The van der Waals surface area contributed by atoms with Crippen LogP contribution >= 0.6 is 0 Å². The third-order valence-corrected chi connectivity index (χ3v) is 3.97. The first-order valence-electron chi connectivity index (χ1n) is 8.00. The van der Waals surface area contributed by atoms with Crippen LogP contribution in [-0.4, -0.2) is 28.7 Å². The fourth-order valence-electron chi connectivity index (χ4n) is 2.50. The number of hydrogen-bond donors (Lipinski definition) is 2. The summed E-state index contributed by atoms with van der Waals surface area (Å²) in [5, 5.41) is 12.0. The Morgan fingerprint density at radius 1 is 1.25 bits per heavy atom. The first-order chi connectivity index (χ1) is 11.5. The van der Waals surface area contributed by atoms with Crippen LogP contribution in [0.5, 0.6) is 0 Å². The number of carbonyl (C=O) groups excluding carboxylic acids is 1. The van der Waals surface area contributed by atoms with Gasteiger partial charge >= 0.3 is 6.03 Å². The van der Waals surface area contributed by atoms with E-state index in [1.807, 2.05) is 37.3 Å². The number of nitrogens with one attached hydrogen (secondary N) is 1. The van der Waals surface area contributed by atoms with E-state index in [2.05, 4.69) is 5.32 Å². The van der Waals surface area contributed by atoms with E-state index < -0.39 is 0 Å².